The quantitative estimate of drug-likeness (QED) is 0.747. The van der Waals surface area contributed by atoms with E-state index >= 15 is 0 Å². The number of benzene rings is 1. The minimum atomic E-state index is -0.423. The predicted molar refractivity (Wildman–Crippen MR) is 51.7 cm³/mol. The fraction of sp³-hybridized carbons (Fsp3) is 0.300. The molecular formula is C10H11FN2O. The monoisotopic (exact) mass is 194 g/mol. The normalized spacial score (nSPS) is 9.21. The maximum absolute atomic E-state index is 13.4. The summed E-state index contributed by atoms with van der Waals surface area (Å²) in [6, 6.07) is 6.81. The smallest absolute Gasteiger partial charge is 0.188 e. The molecule has 0 aliphatic heterocycles. The van der Waals surface area contributed by atoms with Crippen LogP contribution >= 0.6 is 0 Å². The number of hydrogen-bond acceptors (Lipinski definition) is 3. The van der Waals surface area contributed by atoms with Gasteiger partial charge in [0.25, 0.3) is 0 Å². The highest BCUT2D eigenvalue weighted by atomic mass is 19.1. The van der Waals surface area contributed by atoms with Gasteiger partial charge < -0.3 is 10.1 Å². The Balaban J connectivity index is 2.72. The molecule has 0 aromatic heterocycles. The van der Waals surface area contributed by atoms with Crippen LogP contribution in [0.1, 0.15) is 6.42 Å². The number of halogens is 1. The molecule has 3 nitrogen and oxygen atoms in total. The number of nitrogens with zero attached hydrogens (tertiary/aromatic N) is 1. The van der Waals surface area contributed by atoms with Gasteiger partial charge in [0.1, 0.15) is 0 Å². The lowest BCUT2D eigenvalue weighted by atomic mass is 10.2. The molecule has 0 heterocycles. The van der Waals surface area contributed by atoms with Gasteiger partial charge in [-0.1, -0.05) is 6.07 Å². The Morgan fingerprint density at radius 2 is 2.36 bits per heavy atom. The van der Waals surface area contributed by atoms with E-state index in [1.54, 1.807) is 18.2 Å². The number of nitrogens with one attached hydrogen (secondary N) is 1. The van der Waals surface area contributed by atoms with Gasteiger partial charge in [0.05, 0.1) is 25.3 Å². The lowest BCUT2D eigenvalue weighted by Gasteiger charge is -2.08. The van der Waals surface area contributed by atoms with Crippen molar-refractivity contribution >= 4 is 5.69 Å². The molecular weight excluding hydrogens is 183 g/mol. The van der Waals surface area contributed by atoms with Crippen molar-refractivity contribution in [2.75, 3.05) is 19.0 Å². The van der Waals surface area contributed by atoms with Crippen LogP contribution < -0.4 is 10.1 Å². The zero-order chi connectivity index (χ0) is 10.4. The molecule has 1 N–H and O–H groups in total. The molecule has 14 heavy (non-hydrogen) atoms. The second-order valence-electron chi connectivity index (χ2n) is 2.66. The van der Waals surface area contributed by atoms with Gasteiger partial charge >= 0.3 is 0 Å². The average Bonchev–Trinajstić information content (AvgIpc) is 2.21. The first-order valence-electron chi connectivity index (χ1n) is 4.23. The van der Waals surface area contributed by atoms with Crippen LogP contribution in [0.25, 0.3) is 0 Å². The molecule has 0 aliphatic carbocycles. The predicted octanol–water partition coefficient (Wildman–Crippen LogP) is 2.16. The second-order valence-corrected chi connectivity index (χ2v) is 2.66. The highest BCUT2D eigenvalue weighted by molar-refractivity contribution is 5.50. The summed E-state index contributed by atoms with van der Waals surface area (Å²) in [7, 11) is 1.41. The van der Waals surface area contributed by atoms with Gasteiger partial charge in [0, 0.05) is 6.54 Å². The molecule has 0 unspecified atom stereocenters. The fourth-order valence-corrected chi connectivity index (χ4v) is 1.06. The molecule has 0 aliphatic rings. The van der Waals surface area contributed by atoms with E-state index in [1.807, 2.05) is 6.07 Å². The maximum atomic E-state index is 13.4. The SMILES string of the molecule is COc1cccc(NCCC#N)c1F. The molecule has 0 saturated heterocycles. The first kappa shape index (κ1) is 10.3. The first-order chi connectivity index (χ1) is 6.79. The Labute approximate surface area is 82.1 Å². The number of hydrogen-bond donors (Lipinski definition) is 1. The zero-order valence-electron chi connectivity index (χ0n) is 7.88. The second kappa shape index (κ2) is 5.07. The number of anilines is 1. The van der Waals surface area contributed by atoms with E-state index < -0.39 is 5.82 Å². The van der Waals surface area contributed by atoms with Crippen molar-refractivity contribution in [1.29, 1.82) is 5.26 Å². The molecule has 4 heteroatoms. The van der Waals surface area contributed by atoms with Gasteiger partial charge in [-0.2, -0.15) is 5.26 Å². The fourth-order valence-electron chi connectivity index (χ4n) is 1.06. The van der Waals surface area contributed by atoms with E-state index in [2.05, 4.69) is 5.32 Å². The highest BCUT2D eigenvalue weighted by Gasteiger charge is 2.06. The highest BCUT2D eigenvalue weighted by Crippen LogP contribution is 2.23. The van der Waals surface area contributed by atoms with Crippen LogP contribution in [0.5, 0.6) is 5.75 Å². The Kier molecular flexibility index (Phi) is 3.74. The van der Waals surface area contributed by atoms with Crippen molar-refractivity contribution in [1.82, 2.24) is 0 Å². The Morgan fingerprint density at radius 1 is 1.57 bits per heavy atom. The summed E-state index contributed by atoms with van der Waals surface area (Å²) in [5.41, 5.74) is 0.361. The van der Waals surface area contributed by atoms with Crippen molar-refractivity contribution in [3.8, 4) is 11.8 Å². The summed E-state index contributed by atoms with van der Waals surface area (Å²) >= 11 is 0. The Bertz CT molecular complexity index is 346. The summed E-state index contributed by atoms with van der Waals surface area (Å²) in [5.74, 6) is -0.222. The van der Waals surface area contributed by atoms with Gasteiger partial charge in [-0.05, 0) is 12.1 Å². The summed E-state index contributed by atoms with van der Waals surface area (Å²) in [5, 5.41) is 11.1. The standard InChI is InChI=1S/C10H11FN2O/c1-14-9-5-2-4-8(10(9)11)13-7-3-6-12/h2,4-5,13H,3,7H2,1H3. The minimum absolute atomic E-state index is 0.201. The van der Waals surface area contributed by atoms with E-state index in [0.717, 1.165) is 0 Å². The molecule has 0 amide bonds. The average molecular weight is 194 g/mol. The lowest BCUT2D eigenvalue weighted by molar-refractivity contribution is 0.387. The number of nitriles is 1. The third kappa shape index (κ3) is 2.36. The van der Waals surface area contributed by atoms with Crippen molar-refractivity contribution in [2.24, 2.45) is 0 Å². The van der Waals surface area contributed by atoms with Crippen molar-refractivity contribution < 1.29 is 9.13 Å². The van der Waals surface area contributed by atoms with E-state index in [-0.39, 0.29) is 5.75 Å². The van der Waals surface area contributed by atoms with E-state index in [9.17, 15) is 4.39 Å². The third-order valence-corrected chi connectivity index (χ3v) is 1.74. The van der Waals surface area contributed by atoms with Crippen LogP contribution in [0, 0.1) is 17.1 Å². The van der Waals surface area contributed by atoms with Crippen LogP contribution in [0.3, 0.4) is 0 Å². The first-order valence-corrected chi connectivity index (χ1v) is 4.23. The maximum Gasteiger partial charge on any atom is 0.188 e. The summed E-state index contributed by atoms with van der Waals surface area (Å²) in [6.07, 6.45) is 0.344. The summed E-state index contributed by atoms with van der Waals surface area (Å²) in [4.78, 5) is 0. The van der Waals surface area contributed by atoms with Crippen molar-refractivity contribution in [2.45, 2.75) is 6.42 Å². The van der Waals surface area contributed by atoms with Gasteiger partial charge in [0.2, 0.25) is 0 Å². The summed E-state index contributed by atoms with van der Waals surface area (Å²) < 4.78 is 18.2. The van der Waals surface area contributed by atoms with E-state index in [4.69, 9.17) is 10.00 Å². The minimum Gasteiger partial charge on any atom is -0.494 e. The molecule has 0 radical (unpaired) electrons. The van der Waals surface area contributed by atoms with Gasteiger partial charge in [-0.15, -0.1) is 0 Å². The molecule has 74 valence electrons. The third-order valence-electron chi connectivity index (χ3n) is 1.74. The largest absolute Gasteiger partial charge is 0.494 e. The molecule has 1 aromatic rings. The molecule has 1 aromatic carbocycles. The zero-order valence-corrected chi connectivity index (χ0v) is 7.88. The van der Waals surface area contributed by atoms with Crippen LogP contribution in [-0.4, -0.2) is 13.7 Å². The molecule has 0 bridgehead atoms. The molecule has 1 rings (SSSR count). The van der Waals surface area contributed by atoms with E-state index in [1.165, 1.54) is 7.11 Å². The van der Waals surface area contributed by atoms with Crippen molar-refractivity contribution in [3.05, 3.63) is 24.0 Å². The van der Waals surface area contributed by atoms with Gasteiger partial charge in [-0.25, -0.2) is 4.39 Å². The van der Waals surface area contributed by atoms with E-state index in [0.29, 0.717) is 18.7 Å². The number of ether oxygens (including phenoxy) is 1. The summed E-state index contributed by atoms with van der Waals surface area (Å²) in [6.45, 7) is 0.431. The molecule has 0 fully saturated rings. The van der Waals surface area contributed by atoms with Crippen LogP contribution in [0.4, 0.5) is 10.1 Å². The lowest BCUT2D eigenvalue weighted by Crippen LogP contribution is -2.03. The van der Waals surface area contributed by atoms with Crippen LogP contribution in [0.15, 0.2) is 18.2 Å². The molecule has 0 spiro atoms. The molecule has 0 atom stereocenters. The molecule has 0 saturated carbocycles. The Morgan fingerprint density at radius 3 is 3.00 bits per heavy atom. The number of methoxy groups -OCH3 is 1. The number of rotatable bonds is 4. The topological polar surface area (TPSA) is 45.0 Å². The van der Waals surface area contributed by atoms with Gasteiger partial charge in [-0.3, -0.25) is 0 Å². The van der Waals surface area contributed by atoms with Crippen LogP contribution in [-0.2, 0) is 0 Å². The van der Waals surface area contributed by atoms with Crippen LogP contribution in [0.2, 0.25) is 0 Å². The Hall–Kier alpha value is -1.76. The van der Waals surface area contributed by atoms with Crippen molar-refractivity contribution in [3.63, 3.8) is 0 Å². The van der Waals surface area contributed by atoms with Gasteiger partial charge in [0.15, 0.2) is 11.6 Å².